The second kappa shape index (κ2) is 12.7. The molecule has 2 heterocycles. The highest BCUT2D eigenvalue weighted by atomic mass is 16.5. The van der Waals surface area contributed by atoms with E-state index >= 15 is 0 Å². The van der Waals surface area contributed by atoms with E-state index in [1.807, 2.05) is 25.7 Å². The number of hydrogen-bond donors (Lipinski definition) is 2. The van der Waals surface area contributed by atoms with E-state index in [0.717, 1.165) is 0 Å². The van der Waals surface area contributed by atoms with Crippen molar-refractivity contribution in [3.63, 3.8) is 0 Å². The number of benzene rings is 1. The Morgan fingerprint density at radius 1 is 1.14 bits per heavy atom. The van der Waals surface area contributed by atoms with E-state index in [1.54, 1.807) is 37.1 Å². The van der Waals surface area contributed by atoms with Crippen molar-refractivity contribution in [2.24, 2.45) is 0 Å². The zero-order chi connectivity index (χ0) is 27.1. The van der Waals surface area contributed by atoms with E-state index in [0.29, 0.717) is 67.6 Å². The summed E-state index contributed by atoms with van der Waals surface area (Å²) in [6, 6.07) is 4.09. The first-order valence-electron chi connectivity index (χ1n) is 12.8. The van der Waals surface area contributed by atoms with Gasteiger partial charge < -0.3 is 29.7 Å². The molecule has 11 heteroatoms. The molecular weight excluding hydrogens is 478 g/mol. The first-order valence-corrected chi connectivity index (χ1v) is 12.8. The summed E-state index contributed by atoms with van der Waals surface area (Å²) < 4.78 is 16.4. The van der Waals surface area contributed by atoms with Gasteiger partial charge in [-0.25, -0.2) is 14.4 Å². The molecule has 37 heavy (non-hydrogen) atoms. The Kier molecular flexibility index (Phi) is 9.62. The summed E-state index contributed by atoms with van der Waals surface area (Å²) in [4.78, 5) is 44.6. The third-order valence-electron chi connectivity index (χ3n) is 6.68. The van der Waals surface area contributed by atoms with Gasteiger partial charge in [0.25, 0.3) is 0 Å². The number of carbonyl (C=O) groups excluding carboxylic acids is 3. The van der Waals surface area contributed by atoms with Gasteiger partial charge in [-0.2, -0.15) is 0 Å². The second-order valence-corrected chi connectivity index (χ2v) is 8.93. The van der Waals surface area contributed by atoms with Gasteiger partial charge in [0.05, 0.1) is 32.4 Å². The SMILES string of the molecule is CCNC(=O)N1CCN(CC2=C(C(=O)OCC)[C@@H](c3ccc(OC)cc3OC)NC(=O)N2CC)C[C@H]1C. The number of likely N-dealkylation sites (N-methyl/N-ethyl adjacent to an activating group) is 1. The zero-order valence-electron chi connectivity index (χ0n) is 22.6. The van der Waals surface area contributed by atoms with Crippen molar-refractivity contribution >= 4 is 18.0 Å². The topological polar surface area (TPSA) is 113 Å². The average molecular weight is 518 g/mol. The van der Waals surface area contributed by atoms with Crippen LogP contribution in [0.4, 0.5) is 9.59 Å². The summed E-state index contributed by atoms with van der Waals surface area (Å²) in [5.41, 5.74) is 1.58. The smallest absolute Gasteiger partial charge is 0.338 e. The molecule has 0 saturated carbocycles. The fourth-order valence-electron chi connectivity index (χ4n) is 4.89. The first-order chi connectivity index (χ1) is 17.8. The number of carbonyl (C=O) groups is 3. The van der Waals surface area contributed by atoms with Gasteiger partial charge in [-0.15, -0.1) is 0 Å². The minimum atomic E-state index is -0.765. The van der Waals surface area contributed by atoms with Crippen LogP contribution in [0.25, 0.3) is 0 Å². The number of amides is 4. The lowest BCUT2D eigenvalue weighted by atomic mass is 9.93. The molecule has 0 spiro atoms. The van der Waals surface area contributed by atoms with Crippen molar-refractivity contribution in [2.45, 2.75) is 39.8 Å². The molecule has 2 aliphatic heterocycles. The predicted molar refractivity (Wildman–Crippen MR) is 139 cm³/mol. The van der Waals surface area contributed by atoms with Crippen LogP contribution in [0.2, 0.25) is 0 Å². The summed E-state index contributed by atoms with van der Waals surface area (Å²) in [6.07, 6.45) is 0. The van der Waals surface area contributed by atoms with E-state index in [-0.39, 0.29) is 24.7 Å². The fraction of sp³-hybridized carbons (Fsp3) is 0.577. The van der Waals surface area contributed by atoms with Gasteiger partial charge in [-0.3, -0.25) is 9.80 Å². The number of ether oxygens (including phenoxy) is 3. The molecule has 204 valence electrons. The van der Waals surface area contributed by atoms with Crippen molar-refractivity contribution in [3.8, 4) is 11.5 Å². The maximum absolute atomic E-state index is 13.4. The molecule has 1 aromatic carbocycles. The number of nitrogens with zero attached hydrogens (tertiary/aromatic N) is 3. The van der Waals surface area contributed by atoms with Crippen LogP contribution in [-0.4, -0.2) is 98.9 Å². The molecular formula is C26H39N5O6. The van der Waals surface area contributed by atoms with Gasteiger partial charge in [0, 0.05) is 62.6 Å². The lowest BCUT2D eigenvalue weighted by Gasteiger charge is -2.42. The number of hydrogen-bond acceptors (Lipinski definition) is 7. The highest BCUT2D eigenvalue weighted by Gasteiger charge is 2.40. The van der Waals surface area contributed by atoms with Crippen molar-refractivity contribution in [1.82, 2.24) is 25.3 Å². The van der Waals surface area contributed by atoms with Crippen LogP contribution >= 0.6 is 0 Å². The number of piperazine rings is 1. The van der Waals surface area contributed by atoms with Gasteiger partial charge in [-0.05, 0) is 39.8 Å². The molecule has 0 aromatic heterocycles. The van der Waals surface area contributed by atoms with Crippen molar-refractivity contribution < 1.29 is 28.6 Å². The summed E-state index contributed by atoms with van der Waals surface area (Å²) in [5, 5.41) is 5.83. The molecule has 1 saturated heterocycles. The highest BCUT2D eigenvalue weighted by Crippen LogP contribution is 2.38. The molecule has 0 aliphatic carbocycles. The predicted octanol–water partition coefficient (Wildman–Crippen LogP) is 2.34. The molecule has 0 radical (unpaired) electrons. The molecule has 4 amide bonds. The Labute approximate surface area is 218 Å². The van der Waals surface area contributed by atoms with Crippen LogP contribution in [0, 0.1) is 0 Å². The fourth-order valence-corrected chi connectivity index (χ4v) is 4.89. The minimum Gasteiger partial charge on any atom is -0.497 e. The average Bonchev–Trinajstić information content (AvgIpc) is 2.88. The van der Waals surface area contributed by atoms with E-state index in [4.69, 9.17) is 14.2 Å². The summed E-state index contributed by atoms with van der Waals surface area (Å²) in [7, 11) is 3.09. The molecule has 1 fully saturated rings. The van der Waals surface area contributed by atoms with E-state index in [2.05, 4.69) is 15.5 Å². The lowest BCUT2D eigenvalue weighted by Crippen LogP contribution is -2.58. The monoisotopic (exact) mass is 517 g/mol. The Balaban J connectivity index is 2.03. The number of esters is 1. The van der Waals surface area contributed by atoms with Gasteiger partial charge in [0.1, 0.15) is 11.5 Å². The molecule has 11 nitrogen and oxygen atoms in total. The van der Waals surface area contributed by atoms with Crippen molar-refractivity contribution in [1.29, 1.82) is 0 Å². The summed E-state index contributed by atoms with van der Waals surface area (Å²) in [6.45, 7) is 10.8. The highest BCUT2D eigenvalue weighted by molar-refractivity contribution is 5.95. The Hall–Kier alpha value is -3.47. The first kappa shape index (κ1) is 28.1. The lowest BCUT2D eigenvalue weighted by molar-refractivity contribution is -0.139. The number of methoxy groups -OCH3 is 2. The van der Waals surface area contributed by atoms with E-state index in [1.165, 1.54) is 7.11 Å². The van der Waals surface area contributed by atoms with Crippen LogP contribution in [0.1, 0.15) is 39.3 Å². The standard InChI is InChI=1S/C26H39N5O6/c1-7-27-25(33)31-13-12-29(15-17(31)4)16-20-22(24(32)37-9-3)23(28-26(34)30(20)8-2)19-11-10-18(35-5)14-21(19)36-6/h10-11,14,17,23H,7-9,12-13,15-16H2,1-6H3,(H,27,33)(H,28,34)/t17-,23-/m1/s1. The third-order valence-corrected chi connectivity index (χ3v) is 6.68. The Bertz CT molecular complexity index is 1030. The van der Waals surface area contributed by atoms with Crippen LogP contribution in [0.5, 0.6) is 11.5 Å². The summed E-state index contributed by atoms with van der Waals surface area (Å²) >= 11 is 0. The largest absolute Gasteiger partial charge is 0.497 e. The van der Waals surface area contributed by atoms with Crippen molar-refractivity contribution in [3.05, 3.63) is 35.0 Å². The van der Waals surface area contributed by atoms with E-state index < -0.39 is 12.0 Å². The minimum absolute atomic E-state index is 0.0306. The maximum atomic E-state index is 13.4. The van der Waals surface area contributed by atoms with Gasteiger partial charge in [0.2, 0.25) is 0 Å². The molecule has 3 rings (SSSR count). The molecule has 2 atom stereocenters. The van der Waals surface area contributed by atoms with Crippen molar-refractivity contribution in [2.75, 3.05) is 60.1 Å². The second-order valence-electron chi connectivity index (χ2n) is 8.93. The third kappa shape index (κ3) is 6.10. The molecule has 1 aromatic rings. The van der Waals surface area contributed by atoms with Crippen LogP contribution in [0.3, 0.4) is 0 Å². The quantitative estimate of drug-likeness (QED) is 0.484. The van der Waals surface area contributed by atoms with E-state index in [9.17, 15) is 14.4 Å². The molecule has 0 bridgehead atoms. The van der Waals surface area contributed by atoms with Crippen LogP contribution in [-0.2, 0) is 9.53 Å². The maximum Gasteiger partial charge on any atom is 0.338 e. The molecule has 2 N–H and O–H groups in total. The molecule has 2 aliphatic rings. The Morgan fingerprint density at radius 3 is 2.49 bits per heavy atom. The normalized spacial score (nSPS) is 20.4. The number of urea groups is 2. The zero-order valence-corrected chi connectivity index (χ0v) is 22.6. The van der Waals surface area contributed by atoms with Crippen LogP contribution < -0.4 is 20.1 Å². The van der Waals surface area contributed by atoms with Gasteiger partial charge in [0.15, 0.2) is 0 Å². The van der Waals surface area contributed by atoms with Crippen LogP contribution in [0.15, 0.2) is 29.5 Å². The van der Waals surface area contributed by atoms with Gasteiger partial charge >= 0.3 is 18.0 Å². The molecule has 0 unspecified atom stereocenters. The summed E-state index contributed by atoms with van der Waals surface area (Å²) in [5.74, 6) is 0.589. The Morgan fingerprint density at radius 2 is 1.89 bits per heavy atom. The number of nitrogens with one attached hydrogen (secondary N) is 2. The number of rotatable bonds is 9. The van der Waals surface area contributed by atoms with Gasteiger partial charge in [-0.1, -0.05) is 0 Å².